The van der Waals surface area contributed by atoms with Crippen LogP contribution in [-0.2, 0) is 17.7 Å². The van der Waals surface area contributed by atoms with Crippen LogP contribution in [0.1, 0.15) is 11.4 Å². The fourth-order valence-corrected chi connectivity index (χ4v) is 1.52. The van der Waals surface area contributed by atoms with Crippen LogP contribution in [0.4, 0.5) is 0 Å². The summed E-state index contributed by atoms with van der Waals surface area (Å²) in [5.74, 6) is 1.55. The molecular formula is C12H16N4O. The molecule has 0 saturated carbocycles. The summed E-state index contributed by atoms with van der Waals surface area (Å²) in [6.07, 6.45) is 0.740. The van der Waals surface area contributed by atoms with Gasteiger partial charge in [-0.05, 0) is 5.56 Å². The first-order chi connectivity index (χ1) is 8.33. The number of hydrogen-bond donors (Lipinski definition) is 2. The standard InChI is InChI=1S/C12H16N4O/c1-17-7-6-11-14-12(16-15-11)10-4-2-9(8-13)3-5-10/h2-5H,6-8,13H2,1H3,(H,14,15,16). The zero-order valence-corrected chi connectivity index (χ0v) is 9.81. The van der Waals surface area contributed by atoms with Crippen molar-refractivity contribution in [1.29, 1.82) is 0 Å². The second-order valence-corrected chi connectivity index (χ2v) is 3.75. The molecule has 0 atom stereocenters. The minimum atomic E-state index is 0.549. The van der Waals surface area contributed by atoms with Crippen LogP contribution in [0.3, 0.4) is 0 Å². The number of nitrogens with zero attached hydrogens (tertiary/aromatic N) is 2. The maximum Gasteiger partial charge on any atom is 0.181 e. The molecule has 2 rings (SSSR count). The van der Waals surface area contributed by atoms with Crippen LogP contribution in [0.5, 0.6) is 0 Å². The van der Waals surface area contributed by atoms with Gasteiger partial charge in [0.15, 0.2) is 5.82 Å². The monoisotopic (exact) mass is 232 g/mol. The summed E-state index contributed by atoms with van der Waals surface area (Å²) in [5, 5.41) is 7.07. The predicted octanol–water partition coefficient (Wildman–Crippen LogP) is 1.12. The van der Waals surface area contributed by atoms with Crippen molar-refractivity contribution in [1.82, 2.24) is 15.2 Å². The van der Waals surface area contributed by atoms with Gasteiger partial charge in [0, 0.05) is 25.6 Å². The molecule has 0 unspecified atom stereocenters. The molecule has 0 aliphatic carbocycles. The quantitative estimate of drug-likeness (QED) is 0.809. The van der Waals surface area contributed by atoms with Gasteiger partial charge in [-0.3, -0.25) is 5.10 Å². The Bertz CT molecular complexity index is 464. The lowest BCUT2D eigenvalue weighted by Gasteiger charge is -1.97. The second kappa shape index (κ2) is 5.56. The van der Waals surface area contributed by atoms with E-state index in [2.05, 4.69) is 15.2 Å². The van der Waals surface area contributed by atoms with Gasteiger partial charge >= 0.3 is 0 Å². The summed E-state index contributed by atoms with van der Waals surface area (Å²) in [7, 11) is 1.67. The third kappa shape index (κ3) is 2.89. The highest BCUT2D eigenvalue weighted by molar-refractivity contribution is 5.54. The predicted molar refractivity (Wildman–Crippen MR) is 65.3 cm³/mol. The van der Waals surface area contributed by atoms with Gasteiger partial charge in [-0.15, -0.1) is 0 Å². The number of nitrogens with two attached hydrogens (primary N) is 1. The van der Waals surface area contributed by atoms with E-state index in [-0.39, 0.29) is 0 Å². The largest absolute Gasteiger partial charge is 0.384 e. The van der Waals surface area contributed by atoms with Gasteiger partial charge in [0.05, 0.1) is 6.61 Å². The highest BCUT2D eigenvalue weighted by atomic mass is 16.5. The molecule has 5 heteroatoms. The van der Waals surface area contributed by atoms with Gasteiger partial charge in [0.2, 0.25) is 0 Å². The Morgan fingerprint density at radius 1 is 1.29 bits per heavy atom. The molecule has 17 heavy (non-hydrogen) atoms. The molecule has 0 bridgehead atoms. The van der Waals surface area contributed by atoms with Crippen LogP contribution in [-0.4, -0.2) is 28.9 Å². The summed E-state index contributed by atoms with van der Waals surface area (Å²) in [5.41, 5.74) is 7.64. The summed E-state index contributed by atoms with van der Waals surface area (Å²) < 4.78 is 4.99. The topological polar surface area (TPSA) is 76.8 Å². The van der Waals surface area contributed by atoms with E-state index in [1.54, 1.807) is 7.11 Å². The van der Waals surface area contributed by atoms with Crippen LogP contribution < -0.4 is 5.73 Å². The van der Waals surface area contributed by atoms with Crippen LogP contribution in [0.15, 0.2) is 24.3 Å². The molecule has 1 heterocycles. The minimum absolute atomic E-state index is 0.549. The number of benzene rings is 1. The van der Waals surface area contributed by atoms with Gasteiger partial charge in [0.1, 0.15) is 5.82 Å². The zero-order valence-electron chi connectivity index (χ0n) is 9.81. The number of ether oxygens (including phenoxy) is 1. The molecule has 2 aromatic rings. The molecule has 90 valence electrons. The molecule has 0 saturated heterocycles. The smallest absolute Gasteiger partial charge is 0.181 e. The van der Waals surface area contributed by atoms with E-state index in [1.807, 2.05) is 24.3 Å². The van der Waals surface area contributed by atoms with E-state index < -0.39 is 0 Å². The summed E-state index contributed by atoms with van der Waals surface area (Å²) >= 11 is 0. The highest BCUT2D eigenvalue weighted by Crippen LogP contribution is 2.15. The van der Waals surface area contributed by atoms with Gasteiger partial charge in [-0.2, -0.15) is 5.10 Å². The Balaban J connectivity index is 2.12. The Hall–Kier alpha value is -1.72. The van der Waals surface area contributed by atoms with Crippen molar-refractivity contribution in [2.75, 3.05) is 13.7 Å². The van der Waals surface area contributed by atoms with Crippen LogP contribution in [0, 0.1) is 0 Å². The SMILES string of the molecule is COCCc1nc(-c2ccc(CN)cc2)n[nH]1. The van der Waals surface area contributed by atoms with Crippen molar-refractivity contribution in [3.8, 4) is 11.4 Å². The van der Waals surface area contributed by atoms with E-state index in [1.165, 1.54) is 0 Å². The van der Waals surface area contributed by atoms with Crippen LogP contribution in [0.2, 0.25) is 0 Å². The van der Waals surface area contributed by atoms with E-state index in [9.17, 15) is 0 Å². The highest BCUT2D eigenvalue weighted by Gasteiger charge is 2.05. The molecule has 0 fully saturated rings. The van der Waals surface area contributed by atoms with Crippen LogP contribution >= 0.6 is 0 Å². The third-order valence-corrected chi connectivity index (χ3v) is 2.52. The van der Waals surface area contributed by atoms with Gasteiger partial charge in [0.25, 0.3) is 0 Å². The molecule has 1 aromatic heterocycles. The fourth-order valence-electron chi connectivity index (χ4n) is 1.52. The maximum absolute atomic E-state index is 5.55. The van der Waals surface area contributed by atoms with E-state index in [0.717, 1.165) is 23.4 Å². The van der Waals surface area contributed by atoms with E-state index in [0.29, 0.717) is 19.0 Å². The van der Waals surface area contributed by atoms with Gasteiger partial charge in [-0.25, -0.2) is 4.98 Å². The first kappa shape index (κ1) is 11.8. The second-order valence-electron chi connectivity index (χ2n) is 3.75. The molecule has 0 radical (unpaired) electrons. The number of H-pyrrole nitrogens is 1. The van der Waals surface area contributed by atoms with Gasteiger partial charge < -0.3 is 10.5 Å². The number of methoxy groups -OCH3 is 1. The molecule has 0 amide bonds. The average Bonchev–Trinajstić information content (AvgIpc) is 2.85. The molecular weight excluding hydrogens is 216 g/mol. The number of rotatable bonds is 5. The molecule has 5 nitrogen and oxygen atoms in total. The lowest BCUT2D eigenvalue weighted by molar-refractivity contribution is 0.200. The summed E-state index contributed by atoms with van der Waals surface area (Å²) in [4.78, 5) is 4.40. The molecule has 0 spiro atoms. The van der Waals surface area contributed by atoms with Crippen molar-refractivity contribution in [2.45, 2.75) is 13.0 Å². The summed E-state index contributed by atoms with van der Waals surface area (Å²) in [6.45, 7) is 1.19. The fraction of sp³-hybridized carbons (Fsp3) is 0.333. The van der Waals surface area contributed by atoms with Crippen molar-refractivity contribution in [3.63, 3.8) is 0 Å². The number of nitrogens with one attached hydrogen (secondary N) is 1. The number of aromatic amines is 1. The molecule has 0 aliphatic heterocycles. The molecule has 1 aromatic carbocycles. The van der Waals surface area contributed by atoms with Crippen molar-refractivity contribution < 1.29 is 4.74 Å². The summed E-state index contributed by atoms with van der Waals surface area (Å²) in [6, 6.07) is 7.93. The Kier molecular flexibility index (Phi) is 3.85. The zero-order chi connectivity index (χ0) is 12.1. The average molecular weight is 232 g/mol. The van der Waals surface area contributed by atoms with Crippen molar-refractivity contribution >= 4 is 0 Å². The van der Waals surface area contributed by atoms with Crippen LogP contribution in [0.25, 0.3) is 11.4 Å². The van der Waals surface area contributed by atoms with E-state index >= 15 is 0 Å². The number of hydrogen-bond acceptors (Lipinski definition) is 4. The normalized spacial score (nSPS) is 10.7. The molecule has 0 aliphatic rings. The van der Waals surface area contributed by atoms with E-state index in [4.69, 9.17) is 10.5 Å². The Morgan fingerprint density at radius 2 is 2.06 bits per heavy atom. The van der Waals surface area contributed by atoms with Crippen molar-refractivity contribution in [2.24, 2.45) is 5.73 Å². The Labute approximate surface area is 100 Å². The first-order valence-electron chi connectivity index (χ1n) is 5.53. The first-order valence-corrected chi connectivity index (χ1v) is 5.53. The molecule has 3 N–H and O–H groups in total. The van der Waals surface area contributed by atoms with Crippen molar-refractivity contribution in [3.05, 3.63) is 35.7 Å². The minimum Gasteiger partial charge on any atom is -0.384 e. The maximum atomic E-state index is 5.55. The third-order valence-electron chi connectivity index (χ3n) is 2.52. The lowest BCUT2D eigenvalue weighted by atomic mass is 10.1. The lowest BCUT2D eigenvalue weighted by Crippen LogP contribution is -1.96. The Morgan fingerprint density at radius 3 is 2.71 bits per heavy atom. The number of aromatic nitrogens is 3. The van der Waals surface area contributed by atoms with Gasteiger partial charge in [-0.1, -0.05) is 24.3 Å².